The van der Waals surface area contributed by atoms with Crippen LogP contribution in [0.5, 0.6) is 5.75 Å². The monoisotopic (exact) mass is 348 g/mol. The molecule has 1 aliphatic heterocycles. The predicted molar refractivity (Wildman–Crippen MR) is 94.7 cm³/mol. The number of benzene rings is 1. The summed E-state index contributed by atoms with van der Waals surface area (Å²) < 4.78 is 11.5. The lowest BCUT2D eigenvalue weighted by Gasteiger charge is -2.33. The molecule has 1 aromatic carbocycles. The van der Waals surface area contributed by atoms with Crippen LogP contribution in [0.25, 0.3) is 0 Å². The summed E-state index contributed by atoms with van der Waals surface area (Å²) >= 11 is 1.61. The molecule has 1 N–H and O–H groups in total. The summed E-state index contributed by atoms with van der Waals surface area (Å²) in [5.74, 6) is 0.814. The lowest BCUT2D eigenvalue weighted by Crippen LogP contribution is -2.43. The minimum absolute atomic E-state index is 0.00582. The van der Waals surface area contributed by atoms with E-state index in [-0.39, 0.29) is 6.10 Å². The number of hydrogen-bond donors (Lipinski definition) is 1. The van der Waals surface area contributed by atoms with Gasteiger partial charge in [0.2, 0.25) is 0 Å². The number of β-amino-alcohol motifs (C(OH)–C–C–N with tert-alkyl or cyclic N) is 1. The van der Waals surface area contributed by atoms with Crippen molar-refractivity contribution >= 4 is 11.3 Å². The zero-order valence-corrected chi connectivity index (χ0v) is 15.0. The second-order valence-corrected chi connectivity index (χ2v) is 7.20. The van der Waals surface area contributed by atoms with Crippen molar-refractivity contribution in [1.82, 2.24) is 9.88 Å². The van der Waals surface area contributed by atoms with Crippen molar-refractivity contribution < 1.29 is 14.6 Å². The first-order valence-corrected chi connectivity index (χ1v) is 9.10. The summed E-state index contributed by atoms with van der Waals surface area (Å²) in [7, 11) is 0. The number of aryl methyl sites for hydroxylation is 2. The van der Waals surface area contributed by atoms with Gasteiger partial charge >= 0.3 is 0 Å². The molecular weight excluding hydrogens is 324 g/mol. The zero-order valence-electron chi connectivity index (χ0n) is 14.1. The largest absolute Gasteiger partial charge is 0.491 e. The summed E-state index contributed by atoms with van der Waals surface area (Å²) in [5.41, 5.74) is 2.33. The van der Waals surface area contributed by atoms with Crippen LogP contribution in [0.1, 0.15) is 22.2 Å². The van der Waals surface area contributed by atoms with Gasteiger partial charge in [-0.25, -0.2) is 4.98 Å². The number of rotatable bonds is 6. The molecule has 0 unspecified atom stereocenters. The Kier molecular flexibility index (Phi) is 5.84. The van der Waals surface area contributed by atoms with Crippen LogP contribution >= 0.6 is 11.3 Å². The molecule has 2 atom stereocenters. The van der Waals surface area contributed by atoms with Crippen molar-refractivity contribution in [3.8, 4) is 5.75 Å². The molecule has 3 rings (SSSR count). The second kappa shape index (κ2) is 8.07. The van der Waals surface area contributed by atoms with Gasteiger partial charge in [-0.1, -0.05) is 6.07 Å². The third-order valence-corrected chi connectivity index (χ3v) is 4.85. The summed E-state index contributed by atoms with van der Waals surface area (Å²) in [5, 5.41) is 13.3. The van der Waals surface area contributed by atoms with Gasteiger partial charge in [0.1, 0.15) is 29.6 Å². The third kappa shape index (κ3) is 4.77. The number of aromatic nitrogens is 1. The van der Waals surface area contributed by atoms with Gasteiger partial charge in [0.25, 0.3) is 0 Å². The molecule has 1 saturated heterocycles. The van der Waals surface area contributed by atoms with Crippen molar-refractivity contribution in [3.63, 3.8) is 0 Å². The first-order valence-electron chi connectivity index (χ1n) is 8.22. The SMILES string of the molecule is Cc1cc(C)cc(OC[C@H](O)CN2CCO[C@H](c3nccs3)C2)c1. The number of ether oxygens (including phenoxy) is 2. The van der Waals surface area contributed by atoms with Gasteiger partial charge in [0.15, 0.2) is 0 Å². The van der Waals surface area contributed by atoms with Gasteiger partial charge in [-0.3, -0.25) is 4.90 Å². The Labute approximate surface area is 146 Å². The molecule has 0 spiro atoms. The fourth-order valence-corrected chi connectivity index (χ4v) is 3.65. The van der Waals surface area contributed by atoms with Crippen molar-refractivity contribution in [2.75, 3.05) is 32.8 Å². The highest BCUT2D eigenvalue weighted by Gasteiger charge is 2.25. The van der Waals surface area contributed by atoms with Crippen LogP contribution in [-0.4, -0.2) is 53.9 Å². The summed E-state index contributed by atoms with van der Waals surface area (Å²) in [6.45, 7) is 7.20. The minimum Gasteiger partial charge on any atom is -0.491 e. The van der Waals surface area contributed by atoms with Crippen LogP contribution in [-0.2, 0) is 4.74 Å². The van der Waals surface area contributed by atoms with Crippen LogP contribution in [0.15, 0.2) is 29.8 Å². The van der Waals surface area contributed by atoms with E-state index in [2.05, 4.69) is 16.0 Å². The molecule has 2 heterocycles. The maximum absolute atomic E-state index is 10.3. The first-order chi connectivity index (χ1) is 11.6. The van der Waals surface area contributed by atoms with E-state index in [9.17, 15) is 5.11 Å². The number of thiazole rings is 1. The van der Waals surface area contributed by atoms with Crippen LogP contribution in [0, 0.1) is 13.8 Å². The van der Waals surface area contributed by atoms with E-state index >= 15 is 0 Å². The molecule has 130 valence electrons. The molecule has 1 aliphatic rings. The minimum atomic E-state index is -0.527. The predicted octanol–water partition coefficient (Wildman–Crippen LogP) is 2.57. The topological polar surface area (TPSA) is 54.8 Å². The van der Waals surface area contributed by atoms with Gasteiger partial charge in [-0.2, -0.15) is 0 Å². The van der Waals surface area contributed by atoms with E-state index in [0.717, 1.165) is 23.8 Å². The quantitative estimate of drug-likeness (QED) is 0.869. The fourth-order valence-electron chi connectivity index (χ4n) is 2.97. The zero-order chi connectivity index (χ0) is 16.9. The molecule has 6 heteroatoms. The molecule has 0 amide bonds. The molecule has 24 heavy (non-hydrogen) atoms. The van der Waals surface area contributed by atoms with Gasteiger partial charge in [-0.15, -0.1) is 11.3 Å². The van der Waals surface area contributed by atoms with Gasteiger partial charge < -0.3 is 14.6 Å². The fraction of sp³-hybridized carbons (Fsp3) is 0.500. The first kappa shape index (κ1) is 17.4. The number of nitrogens with zero attached hydrogens (tertiary/aromatic N) is 2. The molecule has 0 radical (unpaired) electrons. The van der Waals surface area contributed by atoms with E-state index in [4.69, 9.17) is 9.47 Å². The Bertz CT molecular complexity index is 627. The highest BCUT2D eigenvalue weighted by atomic mass is 32.1. The van der Waals surface area contributed by atoms with E-state index in [1.54, 1.807) is 17.5 Å². The number of aliphatic hydroxyl groups is 1. The van der Waals surface area contributed by atoms with Crippen molar-refractivity contribution in [2.24, 2.45) is 0 Å². The van der Waals surface area contributed by atoms with Crippen LogP contribution in [0.3, 0.4) is 0 Å². The second-order valence-electron chi connectivity index (χ2n) is 6.28. The standard InChI is InChI=1S/C18H24N2O3S/c1-13-7-14(2)9-16(8-13)23-12-15(21)10-20-4-5-22-17(11-20)18-19-3-6-24-18/h3,6-9,15,17,21H,4-5,10-12H2,1-2H3/t15-,17+/m1/s1. The molecule has 1 fully saturated rings. The molecule has 1 aromatic heterocycles. The average molecular weight is 348 g/mol. The van der Waals surface area contributed by atoms with E-state index < -0.39 is 6.10 Å². The molecule has 2 aromatic rings. The molecule has 0 saturated carbocycles. The van der Waals surface area contributed by atoms with Gasteiger partial charge in [-0.05, 0) is 37.1 Å². The molecular formula is C18H24N2O3S. The molecule has 5 nitrogen and oxygen atoms in total. The summed E-state index contributed by atoms with van der Waals surface area (Å²) in [4.78, 5) is 6.54. The number of aliphatic hydroxyl groups excluding tert-OH is 1. The Morgan fingerprint density at radius 3 is 2.88 bits per heavy atom. The van der Waals surface area contributed by atoms with Gasteiger partial charge in [0, 0.05) is 31.2 Å². The number of morpholine rings is 1. The Morgan fingerprint density at radius 1 is 1.38 bits per heavy atom. The van der Waals surface area contributed by atoms with Crippen molar-refractivity contribution in [1.29, 1.82) is 0 Å². The summed E-state index contributed by atoms with van der Waals surface area (Å²) in [6, 6.07) is 6.09. The highest BCUT2D eigenvalue weighted by molar-refractivity contribution is 7.09. The molecule has 0 bridgehead atoms. The Morgan fingerprint density at radius 2 is 2.17 bits per heavy atom. The Hall–Kier alpha value is -1.47. The number of hydrogen-bond acceptors (Lipinski definition) is 6. The van der Waals surface area contributed by atoms with E-state index in [1.807, 2.05) is 31.4 Å². The van der Waals surface area contributed by atoms with Crippen LogP contribution < -0.4 is 4.74 Å². The Balaban J connectivity index is 1.48. The van der Waals surface area contributed by atoms with Crippen LogP contribution in [0.4, 0.5) is 0 Å². The van der Waals surface area contributed by atoms with Crippen molar-refractivity contribution in [2.45, 2.75) is 26.1 Å². The van der Waals surface area contributed by atoms with E-state index in [0.29, 0.717) is 19.8 Å². The van der Waals surface area contributed by atoms with Crippen LogP contribution in [0.2, 0.25) is 0 Å². The van der Waals surface area contributed by atoms with E-state index in [1.165, 1.54) is 11.1 Å². The van der Waals surface area contributed by atoms with Crippen molar-refractivity contribution in [3.05, 3.63) is 45.9 Å². The lowest BCUT2D eigenvalue weighted by atomic mass is 10.1. The van der Waals surface area contributed by atoms with Gasteiger partial charge in [0.05, 0.1) is 6.61 Å². The summed E-state index contributed by atoms with van der Waals surface area (Å²) in [6.07, 6.45) is 1.28. The average Bonchev–Trinajstić information content (AvgIpc) is 3.07. The smallest absolute Gasteiger partial charge is 0.123 e. The molecule has 0 aliphatic carbocycles. The maximum Gasteiger partial charge on any atom is 0.123 e. The third-order valence-electron chi connectivity index (χ3n) is 3.98. The maximum atomic E-state index is 10.3. The normalized spacial score (nSPS) is 20.0. The lowest BCUT2D eigenvalue weighted by molar-refractivity contribution is -0.0460. The highest BCUT2D eigenvalue weighted by Crippen LogP contribution is 2.24.